The van der Waals surface area contributed by atoms with E-state index >= 15 is 0 Å². The summed E-state index contributed by atoms with van der Waals surface area (Å²) in [5.74, 6) is 2.03. The van der Waals surface area contributed by atoms with E-state index in [4.69, 9.17) is 19.7 Å². The van der Waals surface area contributed by atoms with Crippen LogP contribution in [0.1, 0.15) is 61.3 Å². The van der Waals surface area contributed by atoms with Crippen molar-refractivity contribution >= 4 is 6.09 Å². The van der Waals surface area contributed by atoms with Gasteiger partial charge in [0.2, 0.25) is 0 Å². The van der Waals surface area contributed by atoms with Gasteiger partial charge in [-0.1, -0.05) is 30.7 Å². The van der Waals surface area contributed by atoms with Gasteiger partial charge in [0.15, 0.2) is 0 Å². The lowest BCUT2D eigenvalue weighted by molar-refractivity contribution is 0.152. The van der Waals surface area contributed by atoms with Gasteiger partial charge in [-0.15, -0.1) is 0 Å². The molecule has 2 aromatic rings. The summed E-state index contributed by atoms with van der Waals surface area (Å²) in [7, 11) is 0. The number of hydrogen-bond acceptors (Lipinski definition) is 4. The molecule has 6 nitrogen and oxygen atoms in total. The van der Waals surface area contributed by atoms with Crippen LogP contribution in [0.15, 0.2) is 42.5 Å². The van der Waals surface area contributed by atoms with Crippen molar-refractivity contribution in [3.05, 3.63) is 59.2 Å². The Balaban J connectivity index is 0.000000339. The molecule has 0 bridgehead atoms. The second-order valence-electron chi connectivity index (χ2n) is 8.10. The van der Waals surface area contributed by atoms with E-state index in [1.54, 1.807) is 0 Å². The molecule has 2 aliphatic rings. The smallest absolute Gasteiger partial charge is 0.404 e. The Morgan fingerprint density at radius 3 is 2.58 bits per heavy atom. The van der Waals surface area contributed by atoms with Gasteiger partial charge in [0.25, 0.3) is 0 Å². The van der Waals surface area contributed by atoms with Gasteiger partial charge >= 0.3 is 6.09 Å². The number of carboxylic acid groups (broad SMARTS) is 1. The topological polar surface area (TPSA) is 88.0 Å². The standard InChI is InChI=1S/C22H26O2.C3H7NO3/c1-16-7-5-6-10-20(16)22-13-11-17-15-19(12-14-21(17)24-22)23-18-8-3-2-4-9-18;5-2-1-4-3(6)7/h5-7,10,12,14-15,18,22H,2-4,8-9,11,13H2,1H3;4-5H,1-2H2,(H,6,7)/t22-;/m1./s1. The van der Waals surface area contributed by atoms with Crippen molar-refractivity contribution in [3.63, 3.8) is 0 Å². The zero-order valence-corrected chi connectivity index (χ0v) is 18.2. The minimum absolute atomic E-state index is 0.106. The molecule has 3 N–H and O–H groups in total. The fourth-order valence-corrected chi connectivity index (χ4v) is 4.14. The number of amides is 1. The normalized spacial score (nSPS) is 18.1. The molecule has 0 aromatic heterocycles. The van der Waals surface area contributed by atoms with E-state index < -0.39 is 6.09 Å². The first-order valence-corrected chi connectivity index (χ1v) is 11.2. The summed E-state index contributed by atoms with van der Waals surface area (Å²) < 4.78 is 12.5. The summed E-state index contributed by atoms with van der Waals surface area (Å²) in [5, 5.41) is 17.8. The molecule has 2 aromatic carbocycles. The summed E-state index contributed by atoms with van der Waals surface area (Å²) in [6.45, 7) is 2.12. The van der Waals surface area contributed by atoms with Crippen LogP contribution in [0.5, 0.6) is 11.5 Å². The zero-order valence-electron chi connectivity index (χ0n) is 18.2. The fraction of sp³-hybridized carbons (Fsp3) is 0.480. The van der Waals surface area contributed by atoms with Crippen molar-refractivity contribution in [1.82, 2.24) is 5.32 Å². The highest BCUT2D eigenvalue weighted by molar-refractivity contribution is 5.64. The van der Waals surface area contributed by atoms with Gasteiger partial charge < -0.3 is 25.0 Å². The van der Waals surface area contributed by atoms with Crippen molar-refractivity contribution in [2.75, 3.05) is 13.2 Å². The van der Waals surface area contributed by atoms with Crippen molar-refractivity contribution in [2.45, 2.75) is 64.1 Å². The van der Waals surface area contributed by atoms with Gasteiger partial charge in [-0.05, 0) is 80.3 Å². The summed E-state index contributed by atoms with van der Waals surface area (Å²) >= 11 is 0. The molecule has 1 aliphatic carbocycles. The van der Waals surface area contributed by atoms with E-state index in [1.807, 2.05) is 5.32 Å². The molecule has 1 aliphatic heterocycles. The first-order valence-electron chi connectivity index (χ1n) is 11.2. The number of hydrogen-bond donors (Lipinski definition) is 3. The SMILES string of the molecule is Cc1ccccc1[C@H]1CCc2cc(OC3CCCCC3)ccc2O1.O=C(O)NCCO. The Hall–Kier alpha value is -2.73. The van der Waals surface area contributed by atoms with Crippen LogP contribution in [-0.4, -0.2) is 35.6 Å². The van der Waals surface area contributed by atoms with Crippen molar-refractivity contribution in [3.8, 4) is 11.5 Å². The molecule has 0 unspecified atom stereocenters. The monoisotopic (exact) mass is 427 g/mol. The molecule has 31 heavy (non-hydrogen) atoms. The third kappa shape index (κ3) is 6.89. The molecule has 1 atom stereocenters. The molecule has 1 fully saturated rings. The van der Waals surface area contributed by atoms with Crippen LogP contribution in [0.25, 0.3) is 0 Å². The average molecular weight is 428 g/mol. The van der Waals surface area contributed by atoms with Crippen molar-refractivity contribution in [1.29, 1.82) is 0 Å². The maximum Gasteiger partial charge on any atom is 0.404 e. The lowest BCUT2D eigenvalue weighted by atomic mass is 9.94. The molecule has 0 radical (unpaired) electrons. The Kier molecular flexibility index (Phi) is 8.59. The Labute approximate surface area is 184 Å². The number of rotatable bonds is 5. The summed E-state index contributed by atoms with van der Waals surface area (Å²) in [6, 6.07) is 14.9. The lowest BCUT2D eigenvalue weighted by Crippen LogP contribution is -2.23. The van der Waals surface area contributed by atoms with Gasteiger partial charge in [-0.25, -0.2) is 4.79 Å². The van der Waals surface area contributed by atoms with Crippen LogP contribution in [-0.2, 0) is 6.42 Å². The van der Waals surface area contributed by atoms with Gasteiger partial charge in [0.1, 0.15) is 17.6 Å². The molecule has 0 saturated heterocycles. The predicted octanol–water partition coefficient (Wildman–Crippen LogP) is 5.02. The summed E-state index contributed by atoms with van der Waals surface area (Å²) in [5.41, 5.74) is 3.90. The maximum atomic E-state index is 9.54. The molecule has 0 spiro atoms. The second-order valence-corrected chi connectivity index (χ2v) is 8.10. The van der Waals surface area contributed by atoms with Crippen molar-refractivity contribution in [2.24, 2.45) is 0 Å². The summed E-state index contributed by atoms with van der Waals surface area (Å²) in [4.78, 5) is 9.54. The number of benzene rings is 2. The maximum absolute atomic E-state index is 9.54. The number of aliphatic hydroxyl groups excluding tert-OH is 1. The number of carbonyl (C=O) groups is 1. The van der Waals surface area contributed by atoms with E-state index in [1.165, 1.54) is 48.8 Å². The Morgan fingerprint density at radius 1 is 1.13 bits per heavy atom. The minimum atomic E-state index is -1.10. The molecule has 6 heteroatoms. The first kappa shape index (κ1) is 22.9. The van der Waals surface area contributed by atoms with E-state index in [0.29, 0.717) is 6.10 Å². The molecular weight excluding hydrogens is 394 g/mol. The Morgan fingerprint density at radius 2 is 1.90 bits per heavy atom. The Bertz CT molecular complexity index is 848. The van der Waals surface area contributed by atoms with Crippen LogP contribution in [0, 0.1) is 6.92 Å². The summed E-state index contributed by atoms with van der Waals surface area (Å²) in [6.07, 6.45) is 7.91. The minimum Gasteiger partial charge on any atom is -0.490 e. The van der Waals surface area contributed by atoms with Crippen molar-refractivity contribution < 1.29 is 24.5 Å². The van der Waals surface area contributed by atoms with Crippen LogP contribution >= 0.6 is 0 Å². The van der Waals surface area contributed by atoms with Crippen LogP contribution in [0.2, 0.25) is 0 Å². The van der Waals surface area contributed by atoms with Crippen LogP contribution in [0.4, 0.5) is 4.79 Å². The van der Waals surface area contributed by atoms with E-state index in [9.17, 15) is 4.79 Å². The average Bonchev–Trinajstić information content (AvgIpc) is 2.79. The third-order valence-electron chi connectivity index (χ3n) is 5.76. The molecule has 1 saturated carbocycles. The number of nitrogens with one attached hydrogen (secondary N) is 1. The predicted molar refractivity (Wildman–Crippen MR) is 120 cm³/mol. The van der Waals surface area contributed by atoms with Gasteiger partial charge in [0.05, 0.1) is 12.7 Å². The molecular formula is C25H33NO5. The third-order valence-corrected chi connectivity index (χ3v) is 5.76. The van der Waals surface area contributed by atoms with E-state index in [2.05, 4.69) is 49.4 Å². The largest absolute Gasteiger partial charge is 0.490 e. The number of aliphatic hydroxyl groups is 1. The zero-order chi connectivity index (χ0) is 22.1. The highest BCUT2D eigenvalue weighted by Gasteiger charge is 2.23. The van der Waals surface area contributed by atoms with Gasteiger partial charge in [-0.2, -0.15) is 0 Å². The molecule has 1 heterocycles. The highest BCUT2D eigenvalue weighted by Crippen LogP contribution is 2.38. The highest BCUT2D eigenvalue weighted by atomic mass is 16.5. The van der Waals surface area contributed by atoms with E-state index in [0.717, 1.165) is 24.3 Å². The molecule has 4 rings (SSSR count). The van der Waals surface area contributed by atoms with Gasteiger partial charge in [-0.3, -0.25) is 0 Å². The quantitative estimate of drug-likeness (QED) is 0.624. The van der Waals surface area contributed by atoms with Gasteiger partial charge in [0, 0.05) is 6.54 Å². The van der Waals surface area contributed by atoms with Crippen LogP contribution < -0.4 is 14.8 Å². The van der Waals surface area contributed by atoms with E-state index in [-0.39, 0.29) is 19.3 Å². The van der Waals surface area contributed by atoms with Crippen LogP contribution in [0.3, 0.4) is 0 Å². The fourth-order valence-electron chi connectivity index (χ4n) is 4.14. The number of ether oxygens (including phenoxy) is 2. The lowest BCUT2D eigenvalue weighted by Gasteiger charge is -2.28. The second kappa shape index (κ2) is 11.6. The number of fused-ring (bicyclic) bond motifs is 1. The molecule has 1 amide bonds. The first-order chi connectivity index (χ1) is 15.1. The molecule has 168 valence electrons. The number of aryl methyl sites for hydroxylation is 2.